The van der Waals surface area contributed by atoms with Crippen LogP contribution in [0.2, 0.25) is 0 Å². The third kappa shape index (κ3) is 2.73. The van der Waals surface area contributed by atoms with Gasteiger partial charge in [-0.1, -0.05) is 19.1 Å². The highest BCUT2D eigenvalue weighted by Crippen LogP contribution is 2.48. The second-order valence-electron chi connectivity index (χ2n) is 7.16. The Morgan fingerprint density at radius 2 is 1.96 bits per heavy atom. The molecule has 1 atom stereocenters. The van der Waals surface area contributed by atoms with Gasteiger partial charge in [0.15, 0.2) is 0 Å². The minimum atomic E-state index is -0.998. The van der Waals surface area contributed by atoms with E-state index in [0.717, 1.165) is 28.4 Å². The summed E-state index contributed by atoms with van der Waals surface area (Å²) in [6.07, 6.45) is 5.37. The summed E-state index contributed by atoms with van der Waals surface area (Å²) in [5.74, 6) is 1.24. The molecule has 6 nitrogen and oxygen atoms in total. The number of nitrogens with zero attached hydrogens (tertiary/aromatic N) is 4. The zero-order valence-corrected chi connectivity index (χ0v) is 16.4. The molecule has 0 N–H and O–H groups in total. The molecule has 3 aromatic rings. The summed E-state index contributed by atoms with van der Waals surface area (Å²) in [6.45, 7) is 4.09. The lowest BCUT2D eigenvalue weighted by atomic mass is 9.81. The van der Waals surface area contributed by atoms with Gasteiger partial charge in [-0.05, 0) is 29.8 Å². The van der Waals surface area contributed by atoms with E-state index in [1.165, 1.54) is 5.56 Å². The second kappa shape index (κ2) is 6.76. The molecule has 4 heterocycles. The van der Waals surface area contributed by atoms with Gasteiger partial charge in [0.25, 0.3) is 0 Å². The number of aromatic nitrogens is 3. The van der Waals surface area contributed by atoms with E-state index in [1.807, 2.05) is 37.3 Å². The van der Waals surface area contributed by atoms with Gasteiger partial charge in [0, 0.05) is 47.0 Å². The summed E-state index contributed by atoms with van der Waals surface area (Å²) in [4.78, 5) is 16.5. The number of rotatable bonds is 4. The van der Waals surface area contributed by atoms with Crippen molar-refractivity contribution in [2.45, 2.75) is 17.2 Å². The van der Waals surface area contributed by atoms with Crippen LogP contribution in [-0.4, -0.2) is 44.7 Å². The quantitative estimate of drug-likeness (QED) is 0.680. The van der Waals surface area contributed by atoms with Gasteiger partial charge in [0.1, 0.15) is 0 Å². The van der Waals surface area contributed by atoms with Crippen LogP contribution in [-0.2, 0) is 21.0 Å². The number of fused-ring (bicyclic) bond motifs is 2. The number of anilines is 2. The Morgan fingerprint density at radius 1 is 1.14 bits per heavy atom. The first-order valence-electron chi connectivity index (χ1n) is 9.32. The van der Waals surface area contributed by atoms with Crippen LogP contribution in [0.1, 0.15) is 12.5 Å². The summed E-state index contributed by atoms with van der Waals surface area (Å²) < 4.78 is 17.9. The van der Waals surface area contributed by atoms with E-state index in [9.17, 15) is 4.21 Å². The van der Waals surface area contributed by atoms with Crippen molar-refractivity contribution in [3.05, 3.63) is 60.6 Å². The topological polar surface area (TPSA) is 68.2 Å². The Bertz CT molecular complexity index is 1040. The number of hydrogen-bond donors (Lipinski definition) is 0. The molecular weight excluding hydrogens is 372 g/mol. The van der Waals surface area contributed by atoms with E-state index in [0.29, 0.717) is 24.9 Å². The average Bonchev–Trinajstić information content (AvgIpc) is 3.09. The molecule has 0 saturated carbocycles. The fraction of sp³-hybridized carbons (Fsp3) is 0.286. The number of ether oxygens (including phenoxy) is 1. The minimum absolute atomic E-state index is 0.0232. The highest BCUT2D eigenvalue weighted by atomic mass is 32.2. The maximum Gasteiger partial charge on any atom is 0.229 e. The third-order valence-electron chi connectivity index (χ3n) is 5.41. The van der Waals surface area contributed by atoms with E-state index >= 15 is 0 Å². The van der Waals surface area contributed by atoms with Gasteiger partial charge in [-0.15, -0.1) is 0 Å². The van der Waals surface area contributed by atoms with E-state index in [-0.39, 0.29) is 5.41 Å². The number of pyridine rings is 1. The Kier molecular flexibility index (Phi) is 4.21. The van der Waals surface area contributed by atoms with Gasteiger partial charge >= 0.3 is 0 Å². The molecule has 0 radical (unpaired) electrons. The van der Waals surface area contributed by atoms with Crippen molar-refractivity contribution in [3.63, 3.8) is 0 Å². The molecule has 7 heteroatoms. The third-order valence-corrected chi connectivity index (χ3v) is 6.72. The lowest BCUT2D eigenvalue weighted by Gasteiger charge is -2.38. The van der Waals surface area contributed by atoms with E-state index in [4.69, 9.17) is 4.74 Å². The van der Waals surface area contributed by atoms with Gasteiger partial charge in [0.2, 0.25) is 5.95 Å². The lowest BCUT2D eigenvalue weighted by Crippen LogP contribution is -2.49. The number of hydrogen-bond acceptors (Lipinski definition) is 6. The zero-order chi connectivity index (χ0) is 19.1. The fourth-order valence-corrected chi connectivity index (χ4v) is 4.66. The fourth-order valence-electron chi connectivity index (χ4n) is 3.86. The van der Waals surface area contributed by atoms with Crippen LogP contribution in [0.25, 0.3) is 11.3 Å². The molecule has 0 bridgehead atoms. The van der Waals surface area contributed by atoms with E-state index in [2.05, 4.69) is 25.9 Å². The average molecular weight is 392 g/mol. The van der Waals surface area contributed by atoms with Crippen molar-refractivity contribution in [1.29, 1.82) is 0 Å². The molecule has 0 unspecified atom stereocenters. The summed E-state index contributed by atoms with van der Waals surface area (Å²) in [5.41, 5.74) is 3.97. The predicted molar refractivity (Wildman–Crippen MR) is 108 cm³/mol. The lowest BCUT2D eigenvalue weighted by molar-refractivity contribution is -0.0507. The first kappa shape index (κ1) is 17.5. The summed E-state index contributed by atoms with van der Waals surface area (Å²) in [5, 5.41) is 0. The summed E-state index contributed by atoms with van der Waals surface area (Å²) >= 11 is 0. The van der Waals surface area contributed by atoms with Crippen LogP contribution in [0.15, 0.2) is 59.9 Å². The maximum atomic E-state index is 12.3. The highest BCUT2D eigenvalue weighted by molar-refractivity contribution is 7.85. The van der Waals surface area contributed by atoms with Crippen LogP contribution in [0, 0.1) is 0 Å². The highest BCUT2D eigenvalue weighted by Gasteiger charge is 2.49. The van der Waals surface area contributed by atoms with Crippen molar-refractivity contribution in [2.75, 3.05) is 30.4 Å². The van der Waals surface area contributed by atoms with Crippen LogP contribution in [0.3, 0.4) is 0 Å². The van der Waals surface area contributed by atoms with Gasteiger partial charge in [-0.2, -0.15) is 0 Å². The van der Waals surface area contributed by atoms with Crippen LogP contribution in [0.5, 0.6) is 0 Å². The maximum absolute atomic E-state index is 12.3. The van der Waals surface area contributed by atoms with Crippen molar-refractivity contribution < 1.29 is 8.95 Å². The van der Waals surface area contributed by atoms with Gasteiger partial charge in [-0.25, -0.2) is 9.97 Å². The molecule has 1 spiro atoms. The largest absolute Gasteiger partial charge is 0.379 e. The SMILES string of the molecule is CC[S@@](=O)c1ccc2c(c1)N(c1ncc(-c3ccccn3)cn1)CC21COC1. The Hall–Kier alpha value is -2.64. The van der Waals surface area contributed by atoms with Crippen LogP contribution < -0.4 is 4.90 Å². The van der Waals surface area contributed by atoms with Crippen molar-refractivity contribution in [3.8, 4) is 11.3 Å². The van der Waals surface area contributed by atoms with Crippen molar-refractivity contribution in [1.82, 2.24) is 15.0 Å². The van der Waals surface area contributed by atoms with Crippen LogP contribution >= 0.6 is 0 Å². The normalized spacial score (nSPS) is 18.0. The monoisotopic (exact) mass is 392 g/mol. The van der Waals surface area contributed by atoms with Gasteiger partial charge in [0.05, 0.1) is 35.1 Å². The van der Waals surface area contributed by atoms with Crippen LogP contribution in [0.4, 0.5) is 11.6 Å². The zero-order valence-electron chi connectivity index (χ0n) is 15.5. The standard InChI is InChI=1S/C21H20N4O2S/c1-2-28(26)16-6-7-17-19(9-16)25(12-21(17)13-27-14-21)20-23-10-15(11-24-20)18-5-3-4-8-22-18/h3-11H,2,12-14H2,1H3/t28-/m1/s1. The van der Waals surface area contributed by atoms with Crippen molar-refractivity contribution in [2.24, 2.45) is 0 Å². The molecule has 0 amide bonds. The first-order valence-corrected chi connectivity index (χ1v) is 10.6. The predicted octanol–water partition coefficient (Wildman–Crippen LogP) is 3.09. The Labute approximate surface area is 166 Å². The molecule has 5 rings (SSSR count). The Morgan fingerprint density at radius 3 is 2.61 bits per heavy atom. The Balaban J connectivity index is 1.53. The number of benzene rings is 1. The summed E-state index contributed by atoms with van der Waals surface area (Å²) in [6, 6.07) is 11.9. The van der Waals surface area contributed by atoms with E-state index < -0.39 is 10.8 Å². The molecule has 1 fully saturated rings. The van der Waals surface area contributed by atoms with E-state index in [1.54, 1.807) is 18.6 Å². The summed E-state index contributed by atoms with van der Waals surface area (Å²) in [7, 11) is -0.998. The van der Waals surface area contributed by atoms with Gasteiger partial charge < -0.3 is 9.64 Å². The molecule has 1 aromatic carbocycles. The van der Waals surface area contributed by atoms with Gasteiger partial charge in [-0.3, -0.25) is 9.19 Å². The molecule has 2 aromatic heterocycles. The molecular formula is C21H20N4O2S. The molecule has 0 aliphatic carbocycles. The smallest absolute Gasteiger partial charge is 0.229 e. The molecule has 1 saturated heterocycles. The molecule has 2 aliphatic heterocycles. The molecule has 28 heavy (non-hydrogen) atoms. The molecule has 142 valence electrons. The second-order valence-corrected chi connectivity index (χ2v) is 8.90. The molecule has 2 aliphatic rings. The minimum Gasteiger partial charge on any atom is -0.379 e. The van der Waals surface area contributed by atoms with Crippen molar-refractivity contribution >= 4 is 22.4 Å². The first-order chi connectivity index (χ1) is 13.7.